The summed E-state index contributed by atoms with van der Waals surface area (Å²) in [5, 5.41) is 9.74. The van der Waals surface area contributed by atoms with Gasteiger partial charge in [0.25, 0.3) is 0 Å². The van der Waals surface area contributed by atoms with Crippen LogP contribution in [-0.2, 0) is 0 Å². The van der Waals surface area contributed by atoms with Crippen molar-refractivity contribution in [1.29, 1.82) is 0 Å². The molecule has 18 heavy (non-hydrogen) atoms. The fourth-order valence-corrected chi connectivity index (χ4v) is 1.82. The molecular weight excluding hydrogens is 254 g/mol. The van der Waals surface area contributed by atoms with Crippen LogP contribution in [0.1, 0.15) is 13.8 Å². The molecule has 1 aromatic heterocycles. The van der Waals surface area contributed by atoms with Crippen molar-refractivity contribution in [2.45, 2.75) is 20.0 Å². The third kappa shape index (κ3) is 2.19. The molecule has 2 aromatic rings. The summed E-state index contributed by atoms with van der Waals surface area (Å²) in [5.74, 6) is 11.5. The summed E-state index contributed by atoms with van der Waals surface area (Å²) in [7, 11) is 0. The van der Waals surface area contributed by atoms with Gasteiger partial charge in [0.15, 0.2) is 5.49 Å². The lowest BCUT2D eigenvalue weighted by molar-refractivity contribution is 0.231. The van der Waals surface area contributed by atoms with Gasteiger partial charge in [0.1, 0.15) is 0 Å². The Balaban J connectivity index is 2.83. The fourth-order valence-electron chi connectivity index (χ4n) is 1.65. The Morgan fingerprint density at radius 3 is 2.72 bits per heavy atom. The maximum absolute atomic E-state index is 5.96. The van der Waals surface area contributed by atoms with Crippen molar-refractivity contribution in [2.24, 2.45) is 10.9 Å². The highest BCUT2D eigenvalue weighted by molar-refractivity contribution is 6.31. The predicted molar refractivity (Wildman–Crippen MR) is 70.4 cm³/mol. The molecule has 0 aliphatic carbocycles. The topological polar surface area (TPSA) is 91.5 Å². The maximum Gasteiger partial charge on any atom is 0.241 e. The Bertz CT molecular complexity index is 650. The van der Waals surface area contributed by atoms with E-state index < -0.39 is 0 Å². The van der Waals surface area contributed by atoms with Crippen molar-refractivity contribution in [3.63, 3.8) is 0 Å². The van der Waals surface area contributed by atoms with Gasteiger partial charge in [-0.1, -0.05) is 11.6 Å². The molecule has 0 saturated carbocycles. The van der Waals surface area contributed by atoms with E-state index in [1.165, 1.54) is 0 Å². The fraction of sp³-hybridized carbons (Fsp3) is 0.273. The second kappa shape index (κ2) is 4.73. The van der Waals surface area contributed by atoms with Crippen LogP contribution in [0.15, 0.2) is 23.3 Å². The second-order valence-corrected chi connectivity index (χ2v) is 4.50. The number of hydrogen-bond donors (Lipinski definition) is 2. The van der Waals surface area contributed by atoms with Crippen molar-refractivity contribution in [3.8, 4) is 5.88 Å². The molecule has 0 aliphatic rings. The van der Waals surface area contributed by atoms with Crippen LogP contribution >= 0.6 is 11.6 Å². The number of benzene rings is 1. The van der Waals surface area contributed by atoms with E-state index in [0.29, 0.717) is 21.8 Å². The number of nitrogen functional groups attached to an aromatic ring is 1. The molecule has 0 radical (unpaired) electrons. The third-order valence-electron chi connectivity index (χ3n) is 2.34. The summed E-state index contributed by atoms with van der Waals surface area (Å²) in [6, 6.07) is 5.28. The number of halogens is 1. The van der Waals surface area contributed by atoms with Crippen molar-refractivity contribution >= 4 is 22.4 Å². The van der Waals surface area contributed by atoms with E-state index in [1.54, 1.807) is 18.2 Å². The molecule has 6 nitrogen and oxygen atoms in total. The minimum Gasteiger partial charge on any atom is -0.473 e. The monoisotopic (exact) mass is 267 g/mol. The zero-order valence-corrected chi connectivity index (χ0v) is 10.8. The summed E-state index contributed by atoms with van der Waals surface area (Å²) in [6.07, 6.45) is -0.0166. The Morgan fingerprint density at radius 1 is 1.39 bits per heavy atom. The van der Waals surface area contributed by atoms with Gasteiger partial charge in [-0.2, -0.15) is 9.89 Å². The molecule has 0 unspecified atom stereocenters. The van der Waals surface area contributed by atoms with E-state index in [0.717, 1.165) is 10.2 Å². The van der Waals surface area contributed by atoms with Crippen molar-refractivity contribution in [2.75, 3.05) is 5.84 Å². The maximum atomic E-state index is 5.96. The summed E-state index contributed by atoms with van der Waals surface area (Å²) >= 11 is 5.96. The average molecular weight is 268 g/mol. The number of rotatable bonds is 2. The predicted octanol–water partition coefficient (Wildman–Crippen LogP) is 0.965. The summed E-state index contributed by atoms with van der Waals surface area (Å²) in [6.45, 7) is 3.82. The van der Waals surface area contributed by atoms with Gasteiger partial charge in [-0.05, 0) is 32.0 Å². The highest BCUT2D eigenvalue weighted by Gasteiger charge is 2.11. The molecule has 0 fully saturated rings. The number of nitrogens with two attached hydrogens (primary N) is 2. The van der Waals surface area contributed by atoms with Gasteiger partial charge in [0.05, 0.1) is 6.10 Å². The highest BCUT2D eigenvalue weighted by Crippen LogP contribution is 2.23. The summed E-state index contributed by atoms with van der Waals surface area (Å²) in [4.78, 5) is 1.08. The highest BCUT2D eigenvalue weighted by atomic mass is 35.5. The molecule has 0 atom stereocenters. The van der Waals surface area contributed by atoms with Gasteiger partial charge in [0, 0.05) is 15.8 Å². The van der Waals surface area contributed by atoms with Gasteiger partial charge in [-0.3, -0.25) is 0 Å². The van der Waals surface area contributed by atoms with Crippen molar-refractivity contribution < 1.29 is 4.74 Å². The Hall–Kier alpha value is -1.95. The van der Waals surface area contributed by atoms with Crippen LogP contribution in [0, 0.1) is 0 Å². The van der Waals surface area contributed by atoms with E-state index in [4.69, 9.17) is 28.0 Å². The van der Waals surface area contributed by atoms with E-state index in [1.807, 2.05) is 13.8 Å². The van der Waals surface area contributed by atoms with E-state index in [2.05, 4.69) is 10.2 Å². The minimum atomic E-state index is -0.0166. The van der Waals surface area contributed by atoms with Crippen LogP contribution in [0.5, 0.6) is 5.88 Å². The Kier molecular flexibility index (Phi) is 3.29. The summed E-state index contributed by atoms with van der Waals surface area (Å²) in [5.41, 5.74) is 0.337. The molecule has 2 rings (SSSR count). The third-order valence-corrected chi connectivity index (χ3v) is 2.57. The number of aromatic nitrogens is 2. The van der Waals surface area contributed by atoms with Crippen LogP contribution in [0.4, 0.5) is 0 Å². The molecule has 1 aromatic carbocycles. The molecule has 0 amide bonds. The lowest BCUT2D eigenvalue weighted by Gasteiger charge is -2.13. The van der Waals surface area contributed by atoms with Crippen LogP contribution < -0.4 is 21.9 Å². The van der Waals surface area contributed by atoms with Crippen LogP contribution in [0.3, 0.4) is 0 Å². The largest absolute Gasteiger partial charge is 0.473 e. The number of nitrogens with zero attached hydrogens (tertiary/aromatic N) is 3. The van der Waals surface area contributed by atoms with E-state index in [9.17, 15) is 0 Å². The molecule has 0 aliphatic heterocycles. The molecule has 1 heterocycles. The number of fused-ring (bicyclic) bond motifs is 1. The Morgan fingerprint density at radius 2 is 2.11 bits per heavy atom. The SMILES string of the molecule is CC(C)Oc1nn(N)/c(=N\N)c2cc(Cl)ccc12. The lowest BCUT2D eigenvalue weighted by Crippen LogP contribution is -2.32. The number of hydrogen-bond acceptors (Lipinski definition) is 5. The molecule has 0 bridgehead atoms. The van der Waals surface area contributed by atoms with E-state index >= 15 is 0 Å². The van der Waals surface area contributed by atoms with Crippen LogP contribution in [0.2, 0.25) is 5.02 Å². The standard InChI is InChI=1S/C11H14ClN5O/c1-6(2)18-11-8-4-3-7(12)5-9(8)10(15-13)17(14)16-11/h3-6H,13-14H2,1-2H3/b15-10-. The molecule has 0 saturated heterocycles. The zero-order chi connectivity index (χ0) is 13.3. The summed E-state index contributed by atoms with van der Waals surface area (Å²) < 4.78 is 5.61. The molecule has 0 spiro atoms. The second-order valence-electron chi connectivity index (χ2n) is 4.06. The van der Waals surface area contributed by atoms with Crippen molar-refractivity contribution in [1.82, 2.24) is 9.89 Å². The first-order valence-corrected chi connectivity index (χ1v) is 5.79. The van der Waals surface area contributed by atoms with Crippen LogP contribution in [-0.4, -0.2) is 16.0 Å². The van der Waals surface area contributed by atoms with Gasteiger partial charge in [-0.15, -0.1) is 5.10 Å². The normalized spacial score (nSPS) is 12.3. The minimum absolute atomic E-state index is 0.0166. The first kappa shape index (κ1) is 12.5. The number of ether oxygens (including phenoxy) is 1. The first-order valence-electron chi connectivity index (χ1n) is 5.41. The average Bonchev–Trinajstić information content (AvgIpc) is 2.28. The van der Waals surface area contributed by atoms with Gasteiger partial charge in [-0.25, -0.2) is 0 Å². The first-order chi connectivity index (χ1) is 8.52. The van der Waals surface area contributed by atoms with Gasteiger partial charge < -0.3 is 16.4 Å². The van der Waals surface area contributed by atoms with Gasteiger partial charge >= 0.3 is 0 Å². The molecule has 7 heteroatoms. The van der Waals surface area contributed by atoms with Crippen molar-refractivity contribution in [3.05, 3.63) is 28.7 Å². The van der Waals surface area contributed by atoms with E-state index in [-0.39, 0.29) is 6.10 Å². The molecule has 96 valence electrons. The van der Waals surface area contributed by atoms with Gasteiger partial charge in [0.2, 0.25) is 5.88 Å². The molecular formula is C11H14ClN5O. The quantitative estimate of drug-likeness (QED) is 0.626. The molecule has 4 N–H and O–H groups in total. The lowest BCUT2D eigenvalue weighted by atomic mass is 10.2. The smallest absolute Gasteiger partial charge is 0.241 e. The van der Waals surface area contributed by atoms with Crippen LogP contribution in [0.25, 0.3) is 10.8 Å². The zero-order valence-electron chi connectivity index (χ0n) is 10.1. The Labute approximate surface area is 109 Å².